The van der Waals surface area contributed by atoms with E-state index in [2.05, 4.69) is 9.97 Å². The highest BCUT2D eigenvalue weighted by Crippen LogP contribution is 2.43. The number of aliphatic hydroxyl groups excluding tert-OH is 1. The molecule has 11 heteroatoms. The normalized spacial score (nSPS) is 15.4. The number of nitrogens with one attached hydrogen (secondary N) is 1. The van der Waals surface area contributed by atoms with Gasteiger partial charge in [0, 0.05) is 16.5 Å². The summed E-state index contributed by atoms with van der Waals surface area (Å²) < 4.78 is 11.2. The lowest BCUT2D eigenvalue weighted by molar-refractivity contribution is -0.117. The number of aromatic nitrogens is 2. The monoisotopic (exact) mass is 557 g/mol. The number of carbonyl (C=O) groups excluding carboxylic acids is 2. The number of aliphatic hydroxyl groups is 1. The SMILES string of the molecule is COc1cc(Cl)cc2cc(C(=O)C3=C(O)C(=O)N(c4nc5ccc(C(=O)O)cc5[nH]4)C3c3cccc(C)c3)oc12. The zero-order chi connectivity index (χ0) is 28.3. The number of carboxylic acid groups (broad SMARTS) is 1. The second-order valence-corrected chi connectivity index (χ2v) is 9.75. The molecule has 10 nitrogen and oxygen atoms in total. The van der Waals surface area contributed by atoms with Crippen LogP contribution in [0.1, 0.15) is 38.1 Å². The van der Waals surface area contributed by atoms with Crippen LogP contribution in [0.15, 0.2) is 76.4 Å². The second-order valence-electron chi connectivity index (χ2n) is 9.32. The Kier molecular flexibility index (Phi) is 5.85. The summed E-state index contributed by atoms with van der Waals surface area (Å²) >= 11 is 6.18. The van der Waals surface area contributed by atoms with Gasteiger partial charge in [-0.15, -0.1) is 0 Å². The van der Waals surface area contributed by atoms with Crippen LogP contribution in [0.5, 0.6) is 5.75 Å². The Morgan fingerprint density at radius 2 is 1.93 bits per heavy atom. The number of halogens is 1. The molecule has 5 aromatic rings. The third kappa shape index (κ3) is 3.97. The van der Waals surface area contributed by atoms with Crippen molar-refractivity contribution < 1.29 is 33.8 Å². The maximum atomic E-state index is 13.9. The van der Waals surface area contributed by atoms with Gasteiger partial charge in [-0.1, -0.05) is 41.4 Å². The number of rotatable bonds is 6. The number of amides is 1. The van der Waals surface area contributed by atoms with Crippen molar-refractivity contribution in [2.24, 2.45) is 0 Å². The molecule has 3 N–H and O–H groups in total. The molecule has 0 fully saturated rings. The minimum absolute atomic E-state index is 0.0291. The number of aryl methyl sites for hydroxylation is 1. The first-order valence-corrected chi connectivity index (χ1v) is 12.4. The van der Waals surface area contributed by atoms with E-state index >= 15 is 0 Å². The van der Waals surface area contributed by atoms with Crippen molar-refractivity contribution in [1.29, 1.82) is 0 Å². The van der Waals surface area contributed by atoms with Gasteiger partial charge in [-0.25, -0.2) is 9.78 Å². The second kappa shape index (κ2) is 9.28. The molecule has 6 rings (SSSR count). The van der Waals surface area contributed by atoms with Crippen molar-refractivity contribution in [3.8, 4) is 5.75 Å². The van der Waals surface area contributed by atoms with Gasteiger partial charge in [-0.3, -0.25) is 14.5 Å². The summed E-state index contributed by atoms with van der Waals surface area (Å²) in [5.74, 6) is -3.22. The standard InChI is InChI=1S/C29H20ClN3O7/c1-13-4-3-5-14(8-13)23-22(24(34)20-11-16-9-17(30)12-21(39-2)26(16)40-20)25(35)27(36)33(23)29-31-18-7-6-15(28(37)38)10-19(18)32-29/h3-12,23,35H,1-2H3,(H,31,32)(H,37,38). The number of carboxylic acids is 1. The number of aromatic amines is 1. The number of carbonyl (C=O) groups is 3. The number of anilines is 1. The van der Waals surface area contributed by atoms with Gasteiger partial charge in [-0.05, 0) is 42.8 Å². The third-order valence-electron chi connectivity index (χ3n) is 6.75. The van der Waals surface area contributed by atoms with Crippen LogP contribution in [0, 0.1) is 6.92 Å². The molecule has 3 heterocycles. The number of benzene rings is 3. The summed E-state index contributed by atoms with van der Waals surface area (Å²) in [6.07, 6.45) is 0. The summed E-state index contributed by atoms with van der Waals surface area (Å²) in [7, 11) is 1.44. The Bertz CT molecular complexity index is 1920. The summed E-state index contributed by atoms with van der Waals surface area (Å²) in [5.41, 5.74) is 2.29. The highest BCUT2D eigenvalue weighted by atomic mass is 35.5. The number of ketones is 1. The number of aromatic carboxylic acids is 1. The molecule has 200 valence electrons. The lowest BCUT2D eigenvalue weighted by atomic mass is 9.94. The van der Waals surface area contributed by atoms with E-state index in [0.29, 0.717) is 32.8 Å². The van der Waals surface area contributed by atoms with E-state index in [0.717, 1.165) is 5.56 Å². The smallest absolute Gasteiger partial charge is 0.335 e. The predicted molar refractivity (Wildman–Crippen MR) is 146 cm³/mol. The number of hydrogen-bond donors (Lipinski definition) is 3. The summed E-state index contributed by atoms with van der Waals surface area (Å²) in [6.45, 7) is 1.86. The number of methoxy groups -OCH3 is 1. The molecule has 0 radical (unpaired) electrons. The maximum Gasteiger partial charge on any atom is 0.335 e. The van der Waals surface area contributed by atoms with Gasteiger partial charge in [0.2, 0.25) is 11.7 Å². The fourth-order valence-electron chi connectivity index (χ4n) is 4.94. The van der Waals surface area contributed by atoms with Crippen molar-refractivity contribution in [3.05, 3.63) is 99.5 Å². The van der Waals surface area contributed by atoms with Crippen molar-refractivity contribution in [3.63, 3.8) is 0 Å². The highest BCUT2D eigenvalue weighted by Gasteiger charge is 2.46. The Morgan fingerprint density at radius 1 is 1.12 bits per heavy atom. The number of nitrogens with zero attached hydrogens (tertiary/aromatic N) is 2. The van der Waals surface area contributed by atoms with Crippen LogP contribution in [0.3, 0.4) is 0 Å². The van der Waals surface area contributed by atoms with Gasteiger partial charge >= 0.3 is 5.97 Å². The minimum Gasteiger partial charge on any atom is -0.503 e. The maximum absolute atomic E-state index is 13.9. The fraction of sp³-hybridized carbons (Fsp3) is 0.103. The Hall–Kier alpha value is -5.09. The predicted octanol–water partition coefficient (Wildman–Crippen LogP) is 5.76. The molecule has 0 saturated heterocycles. The molecule has 0 bridgehead atoms. The zero-order valence-electron chi connectivity index (χ0n) is 21.1. The van der Waals surface area contributed by atoms with E-state index in [4.69, 9.17) is 20.8 Å². The molecule has 2 aromatic heterocycles. The number of Topliss-reactive ketones (excluding diaryl/α,β-unsaturated/α-hetero) is 1. The minimum atomic E-state index is -1.12. The van der Waals surface area contributed by atoms with Gasteiger partial charge in [0.1, 0.15) is 0 Å². The van der Waals surface area contributed by atoms with Crippen LogP contribution in [-0.4, -0.2) is 45.0 Å². The van der Waals surface area contributed by atoms with Crippen molar-refractivity contribution in [2.45, 2.75) is 13.0 Å². The van der Waals surface area contributed by atoms with Crippen molar-refractivity contribution in [2.75, 3.05) is 12.0 Å². The van der Waals surface area contributed by atoms with Crippen LogP contribution < -0.4 is 9.64 Å². The molecule has 1 unspecified atom stereocenters. The zero-order valence-corrected chi connectivity index (χ0v) is 21.8. The van der Waals surface area contributed by atoms with E-state index in [9.17, 15) is 24.6 Å². The molecule has 3 aromatic carbocycles. The van der Waals surface area contributed by atoms with Gasteiger partial charge in [0.25, 0.3) is 5.91 Å². The summed E-state index contributed by atoms with van der Waals surface area (Å²) in [6, 6.07) is 15.0. The number of fused-ring (bicyclic) bond motifs is 2. The van der Waals surface area contributed by atoms with Crippen LogP contribution in [0.4, 0.5) is 5.95 Å². The molecule has 40 heavy (non-hydrogen) atoms. The Morgan fingerprint density at radius 3 is 2.65 bits per heavy atom. The van der Waals surface area contributed by atoms with Crippen molar-refractivity contribution >= 4 is 57.2 Å². The molecule has 1 aliphatic rings. The Balaban J connectivity index is 1.50. The van der Waals surface area contributed by atoms with Crippen LogP contribution >= 0.6 is 11.6 Å². The molecule has 0 aliphatic carbocycles. The first-order chi connectivity index (χ1) is 19.2. The lowest BCUT2D eigenvalue weighted by Crippen LogP contribution is -2.32. The number of imidazole rings is 1. The number of furan rings is 1. The molecular formula is C29H20ClN3O7. The van der Waals surface area contributed by atoms with E-state index in [1.54, 1.807) is 30.3 Å². The number of hydrogen-bond acceptors (Lipinski definition) is 7. The molecule has 0 spiro atoms. The topological polar surface area (TPSA) is 146 Å². The first-order valence-electron chi connectivity index (χ1n) is 12.0. The molecule has 1 amide bonds. The van der Waals surface area contributed by atoms with Crippen LogP contribution in [0.25, 0.3) is 22.0 Å². The lowest BCUT2D eigenvalue weighted by Gasteiger charge is -2.24. The van der Waals surface area contributed by atoms with E-state index in [-0.39, 0.29) is 28.4 Å². The molecular weight excluding hydrogens is 538 g/mol. The number of H-pyrrole nitrogens is 1. The van der Waals surface area contributed by atoms with Crippen LogP contribution in [-0.2, 0) is 4.79 Å². The van der Waals surface area contributed by atoms with Crippen LogP contribution in [0.2, 0.25) is 5.02 Å². The van der Waals surface area contributed by atoms with Gasteiger partial charge in [0.15, 0.2) is 22.9 Å². The van der Waals surface area contributed by atoms with Gasteiger partial charge < -0.3 is 24.4 Å². The molecule has 0 saturated carbocycles. The first kappa shape index (κ1) is 25.2. The van der Waals surface area contributed by atoms with Gasteiger partial charge in [0.05, 0.1) is 35.3 Å². The average molecular weight is 558 g/mol. The van der Waals surface area contributed by atoms with Crippen molar-refractivity contribution in [1.82, 2.24) is 9.97 Å². The third-order valence-corrected chi connectivity index (χ3v) is 6.96. The highest BCUT2D eigenvalue weighted by molar-refractivity contribution is 6.31. The van der Waals surface area contributed by atoms with E-state index in [1.165, 1.54) is 36.3 Å². The number of ether oxygens (including phenoxy) is 1. The van der Waals surface area contributed by atoms with E-state index in [1.807, 2.05) is 13.0 Å². The quantitative estimate of drug-likeness (QED) is 0.223. The largest absolute Gasteiger partial charge is 0.503 e. The Labute approximate surface area is 231 Å². The van der Waals surface area contributed by atoms with E-state index < -0.39 is 29.5 Å². The van der Waals surface area contributed by atoms with Gasteiger partial charge in [-0.2, -0.15) is 0 Å². The summed E-state index contributed by atoms with van der Waals surface area (Å²) in [5, 5.41) is 21.3. The summed E-state index contributed by atoms with van der Waals surface area (Å²) in [4.78, 5) is 47.5. The fourth-order valence-corrected chi connectivity index (χ4v) is 5.15. The molecule has 1 aliphatic heterocycles. The average Bonchev–Trinajstić information content (AvgIpc) is 3.61. The molecule has 1 atom stereocenters.